The van der Waals surface area contributed by atoms with Crippen molar-refractivity contribution < 1.29 is 14.3 Å². The van der Waals surface area contributed by atoms with Gasteiger partial charge in [-0.15, -0.1) is 0 Å². The molecular formula is C22H24N6O4. The number of likely N-dealkylation sites (tertiary alicyclic amines) is 1. The van der Waals surface area contributed by atoms with Crippen LogP contribution in [0, 0.1) is 0 Å². The Bertz CT molecular complexity index is 1180. The maximum atomic E-state index is 12.9. The molecule has 0 saturated carbocycles. The van der Waals surface area contributed by atoms with Gasteiger partial charge in [-0.1, -0.05) is 30.3 Å². The van der Waals surface area contributed by atoms with E-state index in [9.17, 15) is 14.7 Å². The summed E-state index contributed by atoms with van der Waals surface area (Å²) in [7, 11) is 1.62. The van der Waals surface area contributed by atoms with Gasteiger partial charge in [-0.3, -0.25) is 19.1 Å². The molecular weight excluding hydrogens is 412 g/mol. The van der Waals surface area contributed by atoms with Gasteiger partial charge < -0.3 is 20.2 Å². The summed E-state index contributed by atoms with van der Waals surface area (Å²) >= 11 is 0. The molecule has 1 amide bonds. The standard InChI is InChI=1S/C22H24N6O4/c1-24-18(15-5-3-2-4-6-15)19-17(23)21(30)28(13-26-19)12-22(31)7-9-27(10-8-22)20(29)16-11-25-14-32-16/h2-6,11,13-14,31H,7-10,12,23H2,1H3. The van der Waals surface area contributed by atoms with Crippen LogP contribution in [0.25, 0.3) is 0 Å². The van der Waals surface area contributed by atoms with Crippen molar-refractivity contribution in [1.29, 1.82) is 0 Å². The fraction of sp³-hybridized carbons (Fsp3) is 0.318. The minimum Gasteiger partial charge on any atom is -0.438 e. The number of amides is 1. The van der Waals surface area contributed by atoms with Crippen LogP contribution in [0.15, 0.2) is 63.5 Å². The number of benzene rings is 1. The Morgan fingerprint density at radius 3 is 2.62 bits per heavy atom. The minimum absolute atomic E-state index is 0.0254. The minimum atomic E-state index is -1.17. The van der Waals surface area contributed by atoms with Crippen molar-refractivity contribution in [3.63, 3.8) is 0 Å². The van der Waals surface area contributed by atoms with E-state index in [1.807, 2.05) is 30.3 Å². The fourth-order valence-corrected chi connectivity index (χ4v) is 3.85. The van der Waals surface area contributed by atoms with E-state index in [1.165, 1.54) is 23.5 Å². The Morgan fingerprint density at radius 2 is 2.00 bits per heavy atom. The lowest BCUT2D eigenvalue weighted by atomic mass is 9.91. The summed E-state index contributed by atoms with van der Waals surface area (Å²) in [5.41, 5.74) is 6.12. The van der Waals surface area contributed by atoms with E-state index in [4.69, 9.17) is 10.2 Å². The predicted molar refractivity (Wildman–Crippen MR) is 118 cm³/mol. The van der Waals surface area contributed by atoms with E-state index in [-0.39, 0.29) is 23.9 Å². The quantitative estimate of drug-likeness (QED) is 0.568. The molecule has 4 rings (SSSR count). The van der Waals surface area contributed by atoms with Crippen molar-refractivity contribution in [3.8, 4) is 0 Å². The van der Waals surface area contributed by atoms with Crippen LogP contribution in [-0.4, -0.2) is 61.9 Å². The van der Waals surface area contributed by atoms with Crippen molar-refractivity contribution in [2.45, 2.75) is 25.0 Å². The van der Waals surface area contributed by atoms with Gasteiger partial charge in [0.15, 0.2) is 6.39 Å². The van der Waals surface area contributed by atoms with Crippen molar-refractivity contribution in [1.82, 2.24) is 19.4 Å². The van der Waals surface area contributed by atoms with Gasteiger partial charge in [-0.05, 0) is 12.8 Å². The molecule has 3 N–H and O–H groups in total. The largest absolute Gasteiger partial charge is 0.438 e. The maximum Gasteiger partial charge on any atom is 0.291 e. The Hall–Kier alpha value is -3.79. The SMILES string of the molecule is CN=C(c1ccccc1)c1ncn(CC2(O)CCN(C(=O)c3cnco3)CC2)c(=O)c1N. The van der Waals surface area contributed by atoms with E-state index in [2.05, 4.69) is 15.0 Å². The summed E-state index contributed by atoms with van der Waals surface area (Å²) in [4.78, 5) is 39.3. The van der Waals surface area contributed by atoms with Gasteiger partial charge in [0.25, 0.3) is 11.5 Å². The second-order valence-corrected chi connectivity index (χ2v) is 7.76. The average molecular weight is 436 g/mol. The lowest BCUT2D eigenvalue weighted by Gasteiger charge is -2.38. The molecule has 10 nitrogen and oxygen atoms in total. The predicted octanol–water partition coefficient (Wildman–Crippen LogP) is 0.948. The number of carbonyl (C=O) groups excluding carboxylic acids is 1. The van der Waals surface area contributed by atoms with Crippen LogP contribution in [-0.2, 0) is 6.54 Å². The van der Waals surface area contributed by atoms with Crippen molar-refractivity contribution in [3.05, 3.63) is 76.6 Å². The highest BCUT2D eigenvalue weighted by atomic mass is 16.3. The third-order valence-corrected chi connectivity index (χ3v) is 5.66. The van der Waals surface area contributed by atoms with Gasteiger partial charge in [0.1, 0.15) is 11.4 Å². The molecule has 3 aromatic rings. The highest BCUT2D eigenvalue weighted by Gasteiger charge is 2.35. The van der Waals surface area contributed by atoms with Gasteiger partial charge in [0.2, 0.25) is 5.76 Å². The molecule has 2 aromatic heterocycles. The number of nitrogens with zero attached hydrogens (tertiary/aromatic N) is 5. The number of anilines is 1. The molecule has 0 radical (unpaired) electrons. The summed E-state index contributed by atoms with van der Waals surface area (Å²) in [6, 6.07) is 9.35. The molecule has 0 unspecified atom stereocenters. The number of hydrogen-bond acceptors (Lipinski definition) is 8. The number of piperidine rings is 1. The summed E-state index contributed by atoms with van der Waals surface area (Å²) in [5.74, 6) is -0.115. The summed E-state index contributed by atoms with van der Waals surface area (Å²) in [5, 5.41) is 11.0. The molecule has 1 saturated heterocycles. The number of aliphatic imine (C=N–C) groups is 1. The Morgan fingerprint density at radius 1 is 1.28 bits per heavy atom. The highest BCUT2D eigenvalue weighted by Crippen LogP contribution is 2.25. The summed E-state index contributed by atoms with van der Waals surface area (Å²) in [6.45, 7) is 0.677. The second kappa shape index (κ2) is 8.75. The molecule has 1 aromatic carbocycles. The van der Waals surface area contributed by atoms with Gasteiger partial charge in [-0.25, -0.2) is 9.97 Å². The molecule has 3 heterocycles. The van der Waals surface area contributed by atoms with Crippen LogP contribution in [0.4, 0.5) is 5.69 Å². The normalized spacial score (nSPS) is 16.2. The zero-order chi connectivity index (χ0) is 22.7. The third kappa shape index (κ3) is 4.17. The van der Waals surface area contributed by atoms with E-state index < -0.39 is 11.2 Å². The molecule has 0 atom stereocenters. The fourth-order valence-electron chi connectivity index (χ4n) is 3.85. The van der Waals surface area contributed by atoms with Gasteiger partial charge >= 0.3 is 0 Å². The lowest BCUT2D eigenvalue weighted by Crippen LogP contribution is -2.49. The van der Waals surface area contributed by atoms with Crippen LogP contribution in [0.5, 0.6) is 0 Å². The number of nitrogen functional groups attached to an aromatic ring is 1. The zero-order valence-corrected chi connectivity index (χ0v) is 17.6. The first-order chi connectivity index (χ1) is 15.4. The number of rotatable bonds is 5. The van der Waals surface area contributed by atoms with Crippen molar-refractivity contribution >= 4 is 17.3 Å². The topological polar surface area (TPSA) is 140 Å². The molecule has 10 heteroatoms. The van der Waals surface area contributed by atoms with Crippen LogP contribution in [0.2, 0.25) is 0 Å². The molecule has 32 heavy (non-hydrogen) atoms. The summed E-state index contributed by atoms with van der Waals surface area (Å²) in [6.07, 6.45) is 4.54. The van der Waals surface area contributed by atoms with Gasteiger partial charge in [-0.2, -0.15) is 0 Å². The van der Waals surface area contributed by atoms with E-state index >= 15 is 0 Å². The molecule has 0 spiro atoms. The molecule has 1 aliphatic heterocycles. The molecule has 0 aliphatic carbocycles. The number of aromatic nitrogens is 3. The van der Waals surface area contributed by atoms with E-state index in [1.54, 1.807) is 11.9 Å². The zero-order valence-electron chi connectivity index (χ0n) is 17.6. The molecule has 166 valence electrons. The Labute approximate surface area is 184 Å². The molecule has 1 fully saturated rings. The first kappa shape index (κ1) is 21.4. The lowest BCUT2D eigenvalue weighted by molar-refractivity contribution is -0.0305. The molecule has 1 aliphatic rings. The van der Waals surface area contributed by atoms with Crippen LogP contribution >= 0.6 is 0 Å². The third-order valence-electron chi connectivity index (χ3n) is 5.66. The second-order valence-electron chi connectivity index (χ2n) is 7.76. The first-order valence-corrected chi connectivity index (χ1v) is 10.2. The van der Waals surface area contributed by atoms with Crippen LogP contribution < -0.4 is 11.3 Å². The van der Waals surface area contributed by atoms with Crippen LogP contribution in [0.1, 0.15) is 34.7 Å². The summed E-state index contributed by atoms with van der Waals surface area (Å²) < 4.78 is 6.37. The number of hydrogen-bond donors (Lipinski definition) is 2. The van der Waals surface area contributed by atoms with Gasteiger partial charge in [0, 0.05) is 25.7 Å². The monoisotopic (exact) mass is 436 g/mol. The highest BCUT2D eigenvalue weighted by molar-refractivity contribution is 6.14. The number of oxazole rings is 1. The first-order valence-electron chi connectivity index (χ1n) is 10.2. The van der Waals surface area contributed by atoms with Crippen molar-refractivity contribution in [2.24, 2.45) is 4.99 Å². The number of aliphatic hydroxyl groups is 1. The molecule has 0 bridgehead atoms. The Kier molecular flexibility index (Phi) is 5.87. The Balaban J connectivity index is 1.50. The number of nitrogens with two attached hydrogens (primary N) is 1. The number of carbonyl (C=O) groups is 1. The maximum absolute atomic E-state index is 12.9. The smallest absolute Gasteiger partial charge is 0.291 e. The van der Waals surface area contributed by atoms with Crippen molar-refractivity contribution in [2.75, 3.05) is 25.9 Å². The van der Waals surface area contributed by atoms with Crippen LogP contribution in [0.3, 0.4) is 0 Å². The van der Waals surface area contributed by atoms with E-state index in [0.29, 0.717) is 37.3 Å². The van der Waals surface area contributed by atoms with Gasteiger partial charge in [0.05, 0.1) is 30.4 Å². The average Bonchev–Trinajstić information content (AvgIpc) is 3.35. The van der Waals surface area contributed by atoms with E-state index in [0.717, 1.165) is 5.56 Å².